The Morgan fingerprint density at radius 3 is 1.71 bits per heavy atom. The number of hydrogen-bond acceptors (Lipinski definition) is 7. The molecular weight excluding hydrogens is 578 g/mol. The van der Waals surface area contributed by atoms with Crippen LogP contribution in [0.25, 0.3) is 0 Å². The molecule has 0 fully saturated rings. The molecule has 11 heteroatoms. The number of methoxy groups -OCH3 is 2. The van der Waals surface area contributed by atoms with Crippen molar-refractivity contribution in [1.29, 1.82) is 0 Å². The first-order valence-corrected chi connectivity index (χ1v) is 13.4. The largest absolute Gasteiger partial charge is 0.494 e. The standard InChI is InChI=1S/C27H34Cl4O7/c1-26(2,11-13-35-24-20(31)10-9-19(30)23(24)34-6)37-14-12-27(3,4)38-16-15-36-25(32)21-17(28)7-8-18(29)22(21)33-5/h7-10H,11-16H2,1-6H3. The summed E-state index contributed by atoms with van der Waals surface area (Å²) in [4.78, 5) is 12.5. The molecule has 2 aromatic carbocycles. The van der Waals surface area contributed by atoms with E-state index in [1.807, 2.05) is 27.7 Å². The van der Waals surface area contributed by atoms with Gasteiger partial charge in [-0.2, -0.15) is 0 Å². The summed E-state index contributed by atoms with van der Waals surface area (Å²) < 4.78 is 33.7. The minimum absolute atomic E-state index is 0.0352. The molecule has 0 heterocycles. The summed E-state index contributed by atoms with van der Waals surface area (Å²) in [6.07, 6.45) is 1.22. The number of hydrogen-bond donors (Lipinski definition) is 0. The van der Waals surface area contributed by atoms with Gasteiger partial charge in [-0.15, -0.1) is 0 Å². The third kappa shape index (κ3) is 9.54. The van der Waals surface area contributed by atoms with Crippen LogP contribution < -0.4 is 14.2 Å². The topological polar surface area (TPSA) is 72.5 Å². The first-order valence-electron chi connectivity index (χ1n) is 11.9. The van der Waals surface area contributed by atoms with E-state index in [2.05, 4.69) is 0 Å². The minimum Gasteiger partial charge on any atom is -0.494 e. The number of esters is 1. The zero-order valence-electron chi connectivity index (χ0n) is 22.4. The van der Waals surface area contributed by atoms with Crippen LogP contribution in [0.3, 0.4) is 0 Å². The average molecular weight is 612 g/mol. The van der Waals surface area contributed by atoms with Crippen LogP contribution in [0.2, 0.25) is 20.1 Å². The molecule has 0 aliphatic heterocycles. The molecular formula is C27H34Cl4O7. The second kappa shape index (κ2) is 14.7. The second-order valence-corrected chi connectivity index (χ2v) is 11.2. The van der Waals surface area contributed by atoms with E-state index in [1.54, 1.807) is 18.2 Å². The molecule has 0 spiro atoms. The lowest BCUT2D eigenvalue weighted by molar-refractivity contribution is -0.0834. The maximum Gasteiger partial charge on any atom is 0.343 e. The summed E-state index contributed by atoms with van der Waals surface area (Å²) in [6, 6.07) is 6.38. The van der Waals surface area contributed by atoms with Gasteiger partial charge in [0.1, 0.15) is 12.2 Å². The molecule has 0 saturated heterocycles. The van der Waals surface area contributed by atoms with Crippen LogP contribution in [0, 0.1) is 0 Å². The summed E-state index contributed by atoms with van der Waals surface area (Å²) >= 11 is 24.6. The first-order chi connectivity index (χ1) is 17.8. The molecule has 0 aliphatic rings. The number of halogens is 4. The highest BCUT2D eigenvalue weighted by molar-refractivity contribution is 6.37. The van der Waals surface area contributed by atoms with Gasteiger partial charge in [0.2, 0.25) is 0 Å². The molecule has 0 N–H and O–H groups in total. The Hall–Kier alpha value is -1.61. The highest BCUT2D eigenvalue weighted by Crippen LogP contribution is 2.41. The summed E-state index contributed by atoms with van der Waals surface area (Å²) in [6.45, 7) is 8.89. The van der Waals surface area contributed by atoms with Crippen molar-refractivity contribution in [3.63, 3.8) is 0 Å². The van der Waals surface area contributed by atoms with Crippen LogP contribution in [-0.2, 0) is 14.2 Å². The van der Waals surface area contributed by atoms with Gasteiger partial charge in [0, 0.05) is 6.42 Å². The van der Waals surface area contributed by atoms with E-state index in [9.17, 15) is 4.79 Å². The van der Waals surface area contributed by atoms with Crippen LogP contribution in [0.5, 0.6) is 17.2 Å². The quantitative estimate of drug-likeness (QED) is 0.150. The molecule has 0 atom stereocenters. The van der Waals surface area contributed by atoms with E-state index in [0.717, 1.165) is 0 Å². The smallest absolute Gasteiger partial charge is 0.343 e. The monoisotopic (exact) mass is 610 g/mol. The van der Waals surface area contributed by atoms with Crippen molar-refractivity contribution in [3.05, 3.63) is 49.9 Å². The van der Waals surface area contributed by atoms with Gasteiger partial charge in [-0.3, -0.25) is 0 Å². The van der Waals surface area contributed by atoms with E-state index in [0.29, 0.717) is 47.6 Å². The van der Waals surface area contributed by atoms with Crippen molar-refractivity contribution in [1.82, 2.24) is 0 Å². The van der Waals surface area contributed by atoms with E-state index in [4.69, 9.17) is 74.8 Å². The third-order valence-corrected chi connectivity index (χ3v) is 6.85. The third-order valence-electron chi connectivity index (χ3n) is 5.64. The summed E-state index contributed by atoms with van der Waals surface area (Å²) in [5.74, 6) is 0.339. The molecule has 38 heavy (non-hydrogen) atoms. The van der Waals surface area contributed by atoms with Crippen molar-refractivity contribution in [3.8, 4) is 17.2 Å². The van der Waals surface area contributed by atoms with Gasteiger partial charge in [0.05, 0.1) is 65.3 Å². The lowest BCUT2D eigenvalue weighted by Crippen LogP contribution is -2.32. The van der Waals surface area contributed by atoms with Gasteiger partial charge in [-0.1, -0.05) is 46.4 Å². The van der Waals surface area contributed by atoms with Gasteiger partial charge in [-0.25, -0.2) is 4.79 Å². The Kier molecular flexibility index (Phi) is 12.6. The molecule has 2 rings (SSSR count). The van der Waals surface area contributed by atoms with Crippen LogP contribution in [-0.4, -0.2) is 57.8 Å². The Bertz CT molecular complexity index is 1090. The van der Waals surface area contributed by atoms with E-state index >= 15 is 0 Å². The molecule has 7 nitrogen and oxygen atoms in total. The van der Waals surface area contributed by atoms with Gasteiger partial charge < -0.3 is 28.4 Å². The molecule has 0 radical (unpaired) electrons. The van der Waals surface area contributed by atoms with Gasteiger partial charge in [0.25, 0.3) is 0 Å². The number of rotatable bonds is 15. The fourth-order valence-electron chi connectivity index (χ4n) is 3.40. The Morgan fingerprint density at radius 2 is 1.13 bits per heavy atom. The molecule has 0 bridgehead atoms. The Morgan fingerprint density at radius 1 is 0.658 bits per heavy atom. The SMILES string of the molecule is COc1c(Cl)ccc(Cl)c1OCCC(C)(C)OCCC(C)(C)OCCOC(=O)c1c(Cl)ccc(Cl)c1OC. The molecule has 0 saturated carbocycles. The van der Waals surface area contributed by atoms with Crippen molar-refractivity contribution in [2.45, 2.75) is 51.7 Å². The summed E-state index contributed by atoms with van der Waals surface area (Å²) in [7, 11) is 2.92. The zero-order valence-corrected chi connectivity index (χ0v) is 25.4. The predicted octanol–water partition coefficient (Wildman–Crippen LogP) is 7.92. The lowest BCUT2D eigenvalue weighted by atomic mass is 10.0. The fourth-order valence-corrected chi connectivity index (χ4v) is 4.29. The van der Waals surface area contributed by atoms with Gasteiger partial charge in [0.15, 0.2) is 17.2 Å². The van der Waals surface area contributed by atoms with Crippen LogP contribution >= 0.6 is 46.4 Å². The maximum atomic E-state index is 12.5. The molecule has 0 amide bonds. The van der Waals surface area contributed by atoms with E-state index in [-0.39, 0.29) is 34.6 Å². The zero-order chi connectivity index (χ0) is 28.5. The van der Waals surface area contributed by atoms with Crippen molar-refractivity contribution in [2.75, 3.05) is 40.6 Å². The molecule has 2 aromatic rings. The van der Waals surface area contributed by atoms with Crippen LogP contribution in [0.1, 0.15) is 50.9 Å². The molecule has 212 valence electrons. The fraction of sp³-hybridized carbons (Fsp3) is 0.519. The Balaban J connectivity index is 1.75. The average Bonchev–Trinajstić information content (AvgIpc) is 2.84. The highest BCUT2D eigenvalue weighted by atomic mass is 35.5. The normalized spacial score (nSPS) is 11.8. The van der Waals surface area contributed by atoms with Crippen LogP contribution in [0.4, 0.5) is 0 Å². The number of carbonyl (C=O) groups is 1. The number of carbonyl (C=O) groups excluding carboxylic acids is 1. The first kappa shape index (κ1) is 32.6. The van der Waals surface area contributed by atoms with Crippen molar-refractivity contribution in [2.24, 2.45) is 0 Å². The Labute approximate surface area is 244 Å². The minimum atomic E-state index is -0.639. The van der Waals surface area contributed by atoms with Crippen molar-refractivity contribution < 1.29 is 33.2 Å². The molecule has 0 aromatic heterocycles. The highest BCUT2D eigenvalue weighted by Gasteiger charge is 2.25. The van der Waals surface area contributed by atoms with Crippen LogP contribution in [0.15, 0.2) is 24.3 Å². The summed E-state index contributed by atoms with van der Waals surface area (Å²) in [5, 5.41) is 1.30. The van der Waals surface area contributed by atoms with E-state index in [1.165, 1.54) is 20.3 Å². The summed E-state index contributed by atoms with van der Waals surface area (Å²) in [5.41, 5.74) is -0.887. The number of ether oxygens (including phenoxy) is 6. The van der Waals surface area contributed by atoms with Crippen molar-refractivity contribution >= 4 is 52.4 Å². The van der Waals surface area contributed by atoms with Gasteiger partial charge in [-0.05, 0) is 58.4 Å². The maximum absolute atomic E-state index is 12.5. The second-order valence-electron chi connectivity index (χ2n) is 9.53. The molecule has 0 aliphatic carbocycles. The molecule has 0 unspecified atom stereocenters. The number of benzene rings is 2. The van der Waals surface area contributed by atoms with E-state index < -0.39 is 17.2 Å². The predicted molar refractivity (Wildman–Crippen MR) is 151 cm³/mol. The van der Waals surface area contributed by atoms with Gasteiger partial charge >= 0.3 is 5.97 Å². The lowest BCUT2D eigenvalue weighted by Gasteiger charge is -2.30.